The van der Waals surface area contributed by atoms with Gasteiger partial charge in [0.05, 0.1) is 12.4 Å². The standard InChI is InChI=1S/C23H29N7O2/c1-23(5-8-32-9-6-23)25-11-16-4-7-30(15-16)22-24-14-20(28-29-22)19-3-2-17(10-21(19)31)18-12-26-27-13-18/h2-3,10,12-14,16,25,31H,4-9,11,15H2,1H3,(H,26,27). The molecule has 3 aromatic rings. The van der Waals surface area contributed by atoms with Crippen molar-refractivity contribution in [3.63, 3.8) is 0 Å². The van der Waals surface area contributed by atoms with Crippen LogP contribution in [0, 0.1) is 5.92 Å². The maximum Gasteiger partial charge on any atom is 0.245 e. The quantitative estimate of drug-likeness (QED) is 0.542. The van der Waals surface area contributed by atoms with Gasteiger partial charge in [0.15, 0.2) is 0 Å². The van der Waals surface area contributed by atoms with Crippen LogP contribution in [0.25, 0.3) is 22.4 Å². The zero-order valence-corrected chi connectivity index (χ0v) is 18.3. The summed E-state index contributed by atoms with van der Waals surface area (Å²) in [6, 6.07) is 5.46. The maximum absolute atomic E-state index is 10.5. The van der Waals surface area contributed by atoms with E-state index in [9.17, 15) is 5.11 Å². The summed E-state index contributed by atoms with van der Waals surface area (Å²) in [5.41, 5.74) is 3.13. The van der Waals surface area contributed by atoms with Crippen LogP contribution < -0.4 is 10.2 Å². The van der Waals surface area contributed by atoms with E-state index < -0.39 is 0 Å². The minimum Gasteiger partial charge on any atom is -0.507 e. The molecule has 2 fully saturated rings. The van der Waals surface area contributed by atoms with Crippen molar-refractivity contribution in [3.8, 4) is 28.1 Å². The molecule has 2 aromatic heterocycles. The third-order valence-corrected chi connectivity index (χ3v) is 6.64. The first kappa shape index (κ1) is 20.8. The Bertz CT molecular complexity index is 1030. The van der Waals surface area contributed by atoms with Crippen molar-refractivity contribution >= 4 is 5.95 Å². The van der Waals surface area contributed by atoms with Crippen LogP contribution in [-0.4, -0.2) is 68.9 Å². The van der Waals surface area contributed by atoms with Gasteiger partial charge in [0, 0.05) is 55.7 Å². The van der Waals surface area contributed by atoms with Crippen LogP contribution in [0.2, 0.25) is 0 Å². The number of hydrogen-bond acceptors (Lipinski definition) is 8. The maximum atomic E-state index is 10.5. The molecule has 5 rings (SSSR count). The van der Waals surface area contributed by atoms with Crippen LogP contribution in [0.5, 0.6) is 5.75 Å². The molecule has 0 saturated carbocycles. The Kier molecular flexibility index (Phi) is 5.75. The van der Waals surface area contributed by atoms with E-state index in [1.54, 1.807) is 24.7 Å². The Morgan fingerprint density at radius 3 is 2.81 bits per heavy atom. The fraction of sp³-hybridized carbons (Fsp3) is 0.478. The number of nitrogens with one attached hydrogen (secondary N) is 2. The van der Waals surface area contributed by atoms with Crippen molar-refractivity contribution < 1.29 is 9.84 Å². The Morgan fingerprint density at radius 2 is 2.09 bits per heavy atom. The first-order chi connectivity index (χ1) is 15.6. The topological polar surface area (TPSA) is 112 Å². The molecule has 0 spiro atoms. The lowest BCUT2D eigenvalue weighted by atomic mass is 9.91. The highest BCUT2D eigenvalue weighted by Crippen LogP contribution is 2.32. The van der Waals surface area contributed by atoms with Crippen LogP contribution in [0.3, 0.4) is 0 Å². The number of nitrogens with zero attached hydrogens (tertiary/aromatic N) is 5. The fourth-order valence-corrected chi connectivity index (χ4v) is 4.44. The van der Waals surface area contributed by atoms with Crippen molar-refractivity contribution in [2.45, 2.75) is 31.7 Å². The molecule has 0 radical (unpaired) electrons. The van der Waals surface area contributed by atoms with Crippen molar-refractivity contribution in [2.24, 2.45) is 5.92 Å². The molecule has 1 unspecified atom stereocenters. The van der Waals surface area contributed by atoms with Crippen molar-refractivity contribution in [1.82, 2.24) is 30.7 Å². The molecule has 2 aliphatic rings. The van der Waals surface area contributed by atoms with E-state index in [4.69, 9.17) is 4.74 Å². The number of benzene rings is 1. The molecule has 0 aliphatic carbocycles. The van der Waals surface area contributed by atoms with Gasteiger partial charge in [-0.05, 0) is 49.8 Å². The van der Waals surface area contributed by atoms with E-state index in [1.807, 2.05) is 12.1 Å². The van der Waals surface area contributed by atoms with Gasteiger partial charge in [-0.15, -0.1) is 10.2 Å². The molecule has 9 nitrogen and oxygen atoms in total. The normalized spacial score (nSPS) is 20.5. The Morgan fingerprint density at radius 1 is 1.22 bits per heavy atom. The zero-order valence-electron chi connectivity index (χ0n) is 18.3. The molecule has 4 heterocycles. The monoisotopic (exact) mass is 435 g/mol. The predicted octanol–water partition coefficient (Wildman–Crippen LogP) is 2.62. The third-order valence-electron chi connectivity index (χ3n) is 6.64. The molecule has 0 amide bonds. The van der Waals surface area contributed by atoms with Crippen LogP contribution in [0.4, 0.5) is 5.95 Å². The second kappa shape index (κ2) is 8.84. The number of H-pyrrole nitrogens is 1. The van der Waals surface area contributed by atoms with E-state index in [2.05, 4.69) is 42.5 Å². The van der Waals surface area contributed by atoms with E-state index >= 15 is 0 Å². The Labute approximate surface area is 187 Å². The minimum absolute atomic E-state index is 0.140. The summed E-state index contributed by atoms with van der Waals surface area (Å²) >= 11 is 0. The summed E-state index contributed by atoms with van der Waals surface area (Å²) in [5, 5.41) is 29.7. The predicted molar refractivity (Wildman–Crippen MR) is 121 cm³/mol. The van der Waals surface area contributed by atoms with Gasteiger partial charge in [-0.3, -0.25) is 5.10 Å². The molecule has 9 heteroatoms. The summed E-state index contributed by atoms with van der Waals surface area (Å²) in [5.74, 6) is 1.35. The number of phenols is 1. The lowest BCUT2D eigenvalue weighted by Crippen LogP contribution is -2.48. The molecule has 2 aliphatic heterocycles. The van der Waals surface area contributed by atoms with E-state index in [0.29, 0.717) is 23.1 Å². The number of aromatic hydroxyl groups is 1. The number of aromatic nitrogens is 5. The molecular weight excluding hydrogens is 406 g/mol. The summed E-state index contributed by atoms with van der Waals surface area (Å²) in [6.07, 6.45) is 8.42. The molecule has 0 bridgehead atoms. The van der Waals surface area contributed by atoms with Crippen LogP contribution in [0.1, 0.15) is 26.2 Å². The first-order valence-corrected chi connectivity index (χ1v) is 11.2. The molecule has 168 valence electrons. The molecule has 32 heavy (non-hydrogen) atoms. The summed E-state index contributed by atoms with van der Waals surface area (Å²) < 4.78 is 5.49. The first-order valence-electron chi connectivity index (χ1n) is 11.2. The van der Waals surface area contributed by atoms with Crippen LogP contribution in [0.15, 0.2) is 36.8 Å². The van der Waals surface area contributed by atoms with Gasteiger partial charge in [0.1, 0.15) is 11.4 Å². The third kappa shape index (κ3) is 4.44. The van der Waals surface area contributed by atoms with Gasteiger partial charge >= 0.3 is 0 Å². The van der Waals surface area contributed by atoms with Gasteiger partial charge in [0.25, 0.3) is 0 Å². The fourth-order valence-electron chi connectivity index (χ4n) is 4.44. The number of rotatable bonds is 6. The average Bonchev–Trinajstić information content (AvgIpc) is 3.51. The second-order valence-electron chi connectivity index (χ2n) is 9.02. The number of ether oxygens (including phenoxy) is 1. The zero-order chi connectivity index (χ0) is 22.0. The van der Waals surface area contributed by atoms with E-state index in [-0.39, 0.29) is 11.3 Å². The lowest BCUT2D eigenvalue weighted by molar-refractivity contribution is 0.0440. The summed E-state index contributed by atoms with van der Waals surface area (Å²) in [7, 11) is 0. The lowest BCUT2D eigenvalue weighted by Gasteiger charge is -2.35. The molecule has 2 saturated heterocycles. The SMILES string of the molecule is CC1(NCC2CCN(c3ncc(-c4ccc(-c5cn[nH]c5)cc4O)nn3)C2)CCOCC1. The number of phenolic OH excluding ortho intramolecular Hbond substituents is 1. The second-order valence-corrected chi connectivity index (χ2v) is 9.02. The molecule has 3 N–H and O–H groups in total. The van der Waals surface area contributed by atoms with E-state index in [0.717, 1.165) is 63.2 Å². The molecule has 1 atom stereocenters. The minimum atomic E-state index is 0.140. The highest BCUT2D eigenvalue weighted by atomic mass is 16.5. The van der Waals surface area contributed by atoms with E-state index in [1.165, 1.54) is 0 Å². The highest BCUT2D eigenvalue weighted by molar-refractivity contribution is 5.73. The van der Waals surface area contributed by atoms with Crippen molar-refractivity contribution in [1.29, 1.82) is 0 Å². The number of aromatic amines is 1. The number of anilines is 1. The van der Waals surface area contributed by atoms with Gasteiger partial charge in [-0.2, -0.15) is 5.10 Å². The average molecular weight is 436 g/mol. The summed E-state index contributed by atoms with van der Waals surface area (Å²) in [4.78, 5) is 6.73. The Hall–Kier alpha value is -3.04. The van der Waals surface area contributed by atoms with Crippen LogP contribution >= 0.6 is 0 Å². The Balaban J connectivity index is 1.21. The smallest absolute Gasteiger partial charge is 0.245 e. The number of hydrogen-bond donors (Lipinski definition) is 3. The van der Waals surface area contributed by atoms with Gasteiger partial charge in [0.2, 0.25) is 5.95 Å². The van der Waals surface area contributed by atoms with Gasteiger partial charge < -0.3 is 20.1 Å². The molecular formula is C23H29N7O2. The summed E-state index contributed by atoms with van der Waals surface area (Å²) in [6.45, 7) is 6.82. The largest absolute Gasteiger partial charge is 0.507 e. The van der Waals surface area contributed by atoms with Gasteiger partial charge in [-0.1, -0.05) is 6.07 Å². The molecule has 1 aromatic carbocycles. The highest BCUT2D eigenvalue weighted by Gasteiger charge is 2.30. The van der Waals surface area contributed by atoms with Crippen molar-refractivity contribution in [3.05, 3.63) is 36.8 Å². The van der Waals surface area contributed by atoms with Gasteiger partial charge in [-0.25, -0.2) is 4.98 Å². The van der Waals surface area contributed by atoms with Crippen LogP contribution in [-0.2, 0) is 4.74 Å². The van der Waals surface area contributed by atoms with Crippen molar-refractivity contribution in [2.75, 3.05) is 37.7 Å².